The summed E-state index contributed by atoms with van der Waals surface area (Å²) < 4.78 is 10.3. The summed E-state index contributed by atoms with van der Waals surface area (Å²) in [6, 6.07) is 12.1. The molecule has 1 aliphatic carbocycles. The highest BCUT2D eigenvalue weighted by Gasteiger charge is 2.52. The van der Waals surface area contributed by atoms with E-state index in [1.807, 2.05) is 17.0 Å². The van der Waals surface area contributed by atoms with Crippen LogP contribution in [0.3, 0.4) is 0 Å². The molecular weight excluding hydrogens is 523 g/mol. The number of aliphatic imine (C=N–C) groups is 1. The fourth-order valence-corrected chi connectivity index (χ4v) is 6.38. The molecule has 1 amide bonds. The highest BCUT2D eigenvalue weighted by molar-refractivity contribution is 6.47. The van der Waals surface area contributed by atoms with Gasteiger partial charge in [-0.3, -0.25) is 9.79 Å². The third kappa shape index (κ3) is 5.78. The maximum Gasteiger partial charge on any atom is 0.337 e. The molecule has 1 heterocycles. The second-order valence-corrected chi connectivity index (χ2v) is 12.2. The second-order valence-electron chi connectivity index (χ2n) is 11.3. The number of halogens is 2. The molecule has 0 aromatic heterocycles. The second kappa shape index (κ2) is 11.4. The van der Waals surface area contributed by atoms with E-state index in [0.29, 0.717) is 45.8 Å². The van der Waals surface area contributed by atoms with Gasteiger partial charge in [-0.05, 0) is 79.3 Å². The molecule has 38 heavy (non-hydrogen) atoms. The fraction of sp³-hybridized carbons (Fsp3) is 0.500. The highest BCUT2D eigenvalue weighted by Crippen LogP contribution is 2.49. The molecule has 6 nitrogen and oxygen atoms in total. The van der Waals surface area contributed by atoms with Crippen LogP contribution < -0.4 is 0 Å². The van der Waals surface area contributed by atoms with Gasteiger partial charge in [-0.15, -0.1) is 0 Å². The van der Waals surface area contributed by atoms with Gasteiger partial charge in [-0.1, -0.05) is 56.1 Å². The molecule has 0 N–H and O–H groups in total. The maximum atomic E-state index is 14.3. The van der Waals surface area contributed by atoms with E-state index in [1.54, 1.807) is 37.4 Å². The van der Waals surface area contributed by atoms with Crippen LogP contribution in [0.5, 0.6) is 0 Å². The first-order valence-electron chi connectivity index (χ1n) is 13.1. The van der Waals surface area contributed by atoms with Crippen molar-refractivity contribution in [1.29, 1.82) is 0 Å². The zero-order chi connectivity index (χ0) is 27.7. The van der Waals surface area contributed by atoms with Gasteiger partial charge >= 0.3 is 5.97 Å². The Kier molecular flexibility index (Phi) is 8.55. The normalized spacial score (nSPS) is 22.5. The lowest BCUT2D eigenvalue weighted by molar-refractivity contribution is -0.134. The molecule has 204 valence electrons. The minimum Gasteiger partial charge on any atom is -0.465 e. The van der Waals surface area contributed by atoms with Crippen molar-refractivity contribution in [2.45, 2.75) is 64.6 Å². The zero-order valence-electron chi connectivity index (χ0n) is 22.7. The topological polar surface area (TPSA) is 68.2 Å². The molecule has 2 aromatic carbocycles. The first kappa shape index (κ1) is 28.6. The van der Waals surface area contributed by atoms with Crippen molar-refractivity contribution in [2.75, 3.05) is 20.8 Å². The molecule has 0 radical (unpaired) electrons. The Hall–Kier alpha value is -2.41. The van der Waals surface area contributed by atoms with Crippen molar-refractivity contribution >= 4 is 40.8 Å². The number of carbonyl (C=O) groups is 2. The first-order chi connectivity index (χ1) is 18.0. The summed E-state index contributed by atoms with van der Waals surface area (Å²) in [5.74, 6) is 0.0000588. The number of amides is 1. The van der Waals surface area contributed by atoms with Crippen molar-refractivity contribution < 1.29 is 19.1 Å². The molecule has 1 unspecified atom stereocenters. The van der Waals surface area contributed by atoms with Crippen molar-refractivity contribution in [3.8, 4) is 0 Å². The number of benzene rings is 2. The molecule has 1 atom stereocenters. The zero-order valence-corrected chi connectivity index (χ0v) is 24.2. The maximum absolute atomic E-state index is 14.3. The number of ether oxygens (including phenoxy) is 2. The van der Waals surface area contributed by atoms with Crippen molar-refractivity contribution in [3.63, 3.8) is 0 Å². The van der Waals surface area contributed by atoms with Gasteiger partial charge in [0.25, 0.3) is 5.91 Å². The number of nitrogens with zero attached hydrogens (tertiary/aromatic N) is 2. The van der Waals surface area contributed by atoms with E-state index in [-0.39, 0.29) is 17.4 Å². The number of methoxy groups -OCH3 is 2. The van der Waals surface area contributed by atoms with Crippen LogP contribution >= 0.6 is 23.2 Å². The van der Waals surface area contributed by atoms with Crippen LogP contribution in [0.25, 0.3) is 0 Å². The molecule has 1 fully saturated rings. The van der Waals surface area contributed by atoms with Gasteiger partial charge < -0.3 is 14.4 Å². The molecule has 4 rings (SSSR count). The third-order valence-electron chi connectivity index (χ3n) is 7.96. The molecular formula is C30H36Cl2N2O4. The molecule has 2 aliphatic rings. The summed E-state index contributed by atoms with van der Waals surface area (Å²) in [6.45, 7) is 7.30. The van der Waals surface area contributed by atoms with Gasteiger partial charge in [-0.2, -0.15) is 0 Å². The number of hydrogen-bond donors (Lipinski definition) is 0. The van der Waals surface area contributed by atoms with Crippen LogP contribution in [0.1, 0.15) is 80.4 Å². The highest BCUT2D eigenvalue weighted by atomic mass is 35.5. The minimum atomic E-state index is -0.678. The standard InChI is InChI=1S/C30H36Cl2N2O4/c1-29(2,3)22-10-13-30(14-11-22)33-26(21-16-23(31)18-24(32)17-21)27(35)34(30)25(12-15-37-4)19-6-8-20(9-7-19)28(36)38-5/h6-9,16-18,22,25H,10-15H2,1-5H3. The van der Waals surface area contributed by atoms with Gasteiger partial charge in [-0.25, -0.2) is 4.79 Å². The van der Waals surface area contributed by atoms with Gasteiger partial charge in [0.2, 0.25) is 0 Å². The molecule has 1 saturated carbocycles. The summed E-state index contributed by atoms with van der Waals surface area (Å²) in [4.78, 5) is 33.5. The van der Waals surface area contributed by atoms with Gasteiger partial charge in [0.1, 0.15) is 11.4 Å². The average Bonchev–Trinajstić information content (AvgIpc) is 3.15. The predicted molar refractivity (Wildman–Crippen MR) is 151 cm³/mol. The number of hydrogen-bond acceptors (Lipinski definition) is 5. The minimum absolute atomic E-state index is 0.143. The van der Waals surface area contributed by atoms with E-state index in [4.69, 9.17) is 37.7 Å². The lowest BCUT2D eigenvalue weighted by Crippen LogP contribution is -2.51. The molecule has 2 aromatic rings. The fourth-order valence-electron chi connectivity index (χ4n) is 5.86. The SMILES string of the molecule is COCCC(c1ccc(C(=O)OC)cc1)N1C(=O)C(c2cc(Cl)cc(Cl)c2)=NC12CCC(C(C)(C)C)CC2. The van der Waals surface area contributed by atoms with Crippen molar-refractivity contribution in [3.05, 3.63) is 69.2 Å². The molecule has 0 bridgehead atoms. The van der Waals surface area contributed by atoms with Crippen LogP contribution in [0.4, 0.5) is 0 Å². The Labute approximate surface area is 235 Å². The van der Waals surface area contributed by atoms with Crippen LogP contribution in [0.15, 0.2) is 47.5 Å². The molecule has 8 heteroatoms. The quantitative estimate of drug-likeness (QED) is 0.339. The molecule has 1 aliphatic heterocycles. The van der Waals surface area contributed by atoms with E-state index in [9.17, 15) is 9.59 Å². The summed E-state index contributed by atoms with van der Waals surface area (Å²) in [6.07, 6.45) is 4.06. The summed E-state index contributed by atoms with van der Waals surface area (Å²) in [5.41, 5.74) is 1.89. The van der Waals surface area contributed by atoms with Gasteiger partial charge in [0, 0.05) is 29.3 Å². The Morgan fingerprint density at radius 1 is 1.08 bits per heavy atom. The Balaban J connectivity index is 1.79. The number of esters is 1. The smallest absolute Gasteiger partial charge is 0.337 e. The Morgan fingerprint density at radius 2 is 1.68 bits per heavy atom. The molecule has 0 saturated heterocycles. The van der Waals surface area contributed by atoms with Crippen LogP contribution in [-0.4, -0.2) is 49.0 Å². The lowest BCUT2D eigenvalue weighted by atomic mass is 9.69. The van der Waals surface area contributed by atoms with E-state index < -0.39 is 11.6 Å². The first-order valence-corrected chi connectivity index (χ1v) is 13.8. The Morgan fingerprint density at radius 3 is 2.21 bits per heavy atom. The van der Waals surface area contributed by atoms with Crippen molar-refractivity contribution in [1.82, 2.24) is 4.90 Å². The molecule has 1 spiro atoms. The summed E-state index contributed by atoms with van der Waals surface area (Å²) in [7, 11) is 3.02. The van der Waals surface area contributed by atoms with Crippen LogP contribution in [-0.2, 0) is 14.3 Å². The summed E-state index contributed by atoms with van der Waals surface area (Å²) in [5, 5.41) is 0.919. The largest absolute Gasteiger partial charge is 0.465 e. The van der Waals surface area contributed by atoms with E-state index >= 15 is 0 Å². The van der Waals surface area contributed by atoms with E-state index in [0.717, 1.165) is 31.2 Å². The third-order valence-corrected chi connectivity index (χ3v) is 8.40. The monoisotopic (exact) mass is 558 g/mol. The number of rotatable bonds is 7. The average molecular weight is 560 g/mol. The van der Waals surface area contributed by atoms with Crippen molar-refractivity contribution in [2.24, 2.45) is 16.3 Å². The predicted octanol–water partition coefficient (Wildman–Crippen LogP) is 7.12. The van der Waals surface area contributed by atoms with Gasteiger partial charge in [0.05, 0.1) is 18.7 Å². The van der Waals surface area contributed by atoms with Crippen LogP contribution in [0.2, 0.25) is 10.0 Å². The Bertz CT molecular complexity index is 1190. The lowest BCUT2D eigenvalue weighted by Gasteiger charge is -2.47. The van der Waals surface area contributed by atoms with E-state index in [1.165, 1.54) is 7.11 Å². The van der Waals surface area contributed by atoms with Gasteiger partial charge in [0.15, 0.2) is 0 Å². The van der Waals surface area contributed by atoms with E-state index in [2.05, 4.69) is 20.8 Å². The number of carbonyl (C=O) groups excluding carboxylic acids is 2. The summed E-state index contributed by atoms with van der Waals surface area (Å²) >= 11 is 12.6. The van der Waals surface area contributed by atoms with Crippen LogP contribution in [0, 0.1) is 11.3 Å².